The first kappa shape index (κ1) is 88.0. The van der Waals surface area contributed by atoms with Gasteiger partial charge in [0.05, 0.1) is 98.8 Å². The highest BCUT2D eigenvalue weighted by Gasteiger charge is 2.21. The Morgan fingerprint density at radius 2 is 0.669 bits per heavy atom. The SMILES string of the molecule is Cc1cnc(C(=O)Nc2cc(OCCN(C)C)cc3cccnc23)cn1.Cc1cnc(C(=O)Nc2cc(OCCN)cc3cccnc23)cn1.NCCOc1cc(NC(=O)c2cnccn2)c2ncccc2c1.NCCOc1cc(NC(=O)c2ncccn2)c2ncccc2c1.O=C(Nc1cc(OCCC2CCNCC2)cc2cccnc12)c1cnccn1. The number of nitrogens with one attached hydrogen (secondary N) is 6. The molecule has 16 rings (SSSR count). The molecule has 5 aromatic carbocycles. The number of fused-ring (bicyclic) bond motifs is 5. The van der Waals surface area contributed by atoms with Crippen LogP contribution in [0.25, 0.3) is 54.5 Å². The first-order valence-electron chi connectivity index (χ1n) is 39.5. The number of hydrogen-bond acceptors (Lipinski definition) is 30. The van der Waals surface area contributed by atoms with E-state index in [0.717, 1.165) is 70.1 Å². The van der Waals surface area contributed by atoms with Crippen LogP contribution in [0, 0.1) is 19.8 Å². The number of nitrogens with zero attached hydrogens (tertiary/aromatic N) is 16. The average molecular weight is 1670 g/mol. The van der Waals surface area contributed by atoms with Gasteiger partial charge in [0.1, 0.15) is 78.0 Å². The number of amides is 5. The fourth-order valence-electron chi connectivity index (χ4n) is 12.3. The van der Waals surface area contributed by atoms with Crippen molar-refractivity contribution in [2.75, 3.05) is 113 Å². The summed E-state index contributed by atoms with van der Waals surface area (Å²) in [6, 6.07) is 38.6. The Morgan fingerprint density at radius 3 is 0.976 bits per heavy atom. The highest BCUT2D eigenvalue weighted by atomic mass is 16.5. The molecule has 0 saturated carbocycles. The third kappa shape index (κ3) is 25.6. The van der Waals surface area contributed by atoms with Crippen molar-refractivity contribution in [2.45, 2.75) is 33.1 Å². The molecule has 0 spiro atoms. The third-order valence-electron chi connectivity index (χ3n) is 18.2. The molecule has 35 nitrogen and oxygen atoms in total. The zero-order chi connectivity index (χ0) is 86.8. The number of aryl methyl sites for hydroxylation is 2. The van der Waals surface area contributed by atoms with Gasteiger partial charge in [-0.1, -0.05) is 30.3 Å². The van der Waals surface area contributed by atoms with Gasteiger partial charge in [-0.2, -0.15) is 0 Å². The van der Waals surface area contributed by atoms with E-state index in [2.05, 4.69) is 107 Å². The molecule has 0 bridgehead atoms. The van der Waals surface area contributed by atoms with Crippen LogP contribution in [0.3, 0.4) is 0 Å². The maximum atomic E-state index is 12.5. The van der Waals surface area contributed by atoms with Crippen LogP contribution in [0.5, 0.6) is 28.7 Å². The Labute approximate surface area is 712 Å². The second-order valence-corrected chi connectivity index (χ2v) is 27.7. The molecule has 5 amide bonds. The highest BCUT2D eigenvalue weighted by Crippen LogP contribution is 2.34. The molecular weight excluding hydrogens is 1580 g/mol. The number of carbonyl (C=O) groups is 5. The summed E-state index contributed by atoms with van der Waals surface area (Å²) in [5, 5.41) is 21.9. The number of pyridine rings is 5. The van der Waals surface area contributed by atoms with Crippen LogP contribution < -0.4 is 72.8 Å². The van der Waals surface area contributed by atoms with Gasteiger partial charge < -0.3 is 77.7 Å². The lowest BCUT2D eigenvalue weighted by Gasteiger charge is -2.22. The molecule has 11 heterocycles. The molecule has 1 aliphatic rings. The lowest BCUT2D eigenvalue weighted by atomic mass is 9.95. The lowest BCUT2D eigenvalue weighted by Crippen LogP contribution is -2.28. The molecule has 1 saturated heterocycles. The van der Waals surface area contributed by atoms with Gasteiger partial charge in [-0.3, -0.25) is 68.8 Å². The summed E-state index contributed by atoms with van der Waals surface area (Å²) in [6.45, 7) is 10.2. The number of anilines is 5. The van der Waals surface area contributed by atoms with Gasteiger partial charge >= 0.3 is 0 Å². The van der Waals surface area contributed by atoms with Crippen LogP contribution in [0.4, 0.5) is 28.4 Å². The Hall–Kier alpha value is -15.3. The maximum Gasteiger partial charge on any atom is 0.293 e. The molecule has 0 atom stereocenters. The number of benzene rings is 5. The molecule has 1 aliphatic heterocycles. The van der Waals surface area contributed by atoms with Gasteiger partial charge in [0.25, 0.3) is 29.5 Å². The molecule has 1 fully saturated rings. The predicted octanol–water partition coefficient (Wildman–Crippen LogP) is 10.7. The Morgan fingerprint density at radius 1 is 0.355 bits per heavy atom. The van der Waals surface area contributed by atoms with Gasteiger partial charge in [-0.05, 0) is 133 Å². The van der Waals surface area contributed by atoms with E-state index in [1.807, 2.05) is 130 Å². The largest absolute Gasteiger partial charge is 0.493 e. The number of aromatic nitrogens is 15. The van der Waals surface area contributed by atoms with Crippen molar-refractivity contribution in [3.05, 3.63) is 273 Å². The summed E-state index contributed by atoms with van der Waals surface area (Å²) < 4.78 is 28.5. The number of likely N-dealkylation sites (N-methyl/N-ethyl adjacent to an activating group) is 1. The molecule has 10 aromatic heterocycles. The van der Waals surface area contributed by atoms with Crippen molar-refractivity contribution in [2.24, 2.45) is 23.1 Å². The summed E-state index contributed by atoms with van der Waals surface area (Å²) in [7, 11) is 3.98. The Bertz CT molecular complexity index is 5930. The van der Waals surface area contributed by atoms with Crippen molar-refractivity contribution in [1.29, 1.82) is 0 Å². The minimum absolute atomic E-state index is 0.0878. The first-order chi connectivity index (χ1) is 60.5. The van der Waals surface area contributed by atoms with Crippen molar-refractivity contribution in [3.63, 3.8) is 0 Å². The first-order valence-corrected chi connectivity index (χ1v) is 39.5. The van der Waals surface area contributed by atoms with E-state index in [1.54, 1.807) is 73.7 Å². The summed E-state index contributed by atoms with van der Waals surface area (Å²) in [6.07, 6.45) is 29.7. The van der Waals surface area contributed by atoms with Crippen molar-refractivity contribution >= 4 is 112 Å². The van der Waals surface area contributed by atoms with Gasteiger partial charge in [0, 0.05) is 164 Å². The van der Waals surface area contributed by atoms with Crippen LogP contribution in [0.2, 0.25) is 0 Å². The van der Waals surface area contributed by atoms with Gasteiger partial charge in [0.15, 0.2) is 0 Å². The lowest BCUT2D eigenvalue weighted by molar-refractivity contribution is 0.101. The summed E-state index contributed by atoms with van der Waals surface area (Å²) in [5.74, 6) is 2.25. The Balaban J connectivity index is 0.000000142. The minimum atomic E-state index is -0.409. The number of rotatable bonds is 27. The second-order valence-electron chi connectivity index (χ2n) is 27.7. The van der Waals surface area contributed by atoms with Crippen molar-refractivity contribution in [3.8, 4) is 28.7 Å². The van der Waals surface area contributed by atoms with E-state index >= 15 is 0 Å². The molecule has 0 unspecified atom stereocenters. The van der Waals surface area contributed by atoms with Crippen LogP contribution in [-0.4, -0.2) is 196 Å². The molecular formula is C89H91N25O10. The topological polar surface area (TPSA) is 478 Å². The molecule has 15 aromatic rings. The van der Waals surface area contributed by atoms with Gasteiger partial charge in [0.2, 0.25) is 5.82 Å². The normalized spacial score (nSPS) is 11.5. The van der Waals surface area contributed by atoms with E-state index < -0.39 is 5.91 Å². The van der Waals surface area contributed by atoms with Crippen LogP contribution in [0.15, 0.2) is 233 Å². The zero-order valence-electron chi connectivity index (χ0n) is 68.4. The standard InChI is InChI=1S/C21H23N5O2.C19H21N5O2.C17H17N5O2.2C16H15N5O2/c27-21(19-14-23-9-10-24-19)26-18-13-17(12-16-2-1-6-25-20(16)18)28-11-5-15-3-7-22-8-4-15;1-13-11-22-17(12-21-13)19(25)23-16-10-15(26-8-7-24(2)3)9-14-5-4-6-20-18(14)16;1-11-9-21-15(10-20-11)17(23)22-14-8-13(24-6-4-18)7-12-3-2-5-19-16(12)14;17-4-8-23-12-9-11-3-1-5-18-14(11)13(10-12)21-16(22)15-19-6-2-7-20-15;17-3-7-23-12-8-11-2-1-4-20-15(11)13(9-12)21-16(22)14-10-18-5-6-19-14/h1-2,6,9-10,12-15,22H,3-5,7-8,11H2,(H,26,27);4-6,9-12H,7-8H2,1-3H3,(H,23,25);2-3,5,7-10H,4,6,18H2,1H3,(H,22,23);1-3,5-7,9-10H,4,8,17H2,(H,21,22);1-2,4-6,8-10H,3,7,17H2,(H,21,22). The molecule has 0 radical (unpaired) electrons. The molecule has 12 N–H and O–H groups in total. The number of ether oxygens (including phenoxy) is 5. The quantitative estimate of drug-likeness (QED) is 0.0231. The third-order valence-corrected chi connectivity index (χ3v) is 18.2. The minimum Gasteiger partial charge on any atom is -0.493 e. The zero-order valence-corrected chi connectivity index (χ0v) is 68.4. The fourth-order valence-corrected chi connectivity index (χ4v) is 12.3. The smallest absolute Gasteiger partial charge is 0.293 e. The van der Waals surface area contributed by atoms with Crippen molar-refractivity contribution in [1.82, 2.24) is 85.0 Å². The summed E-state index contributed by atoms with van der Waals surface area (Å²) in [4.78, 5) is 126. The number of piperidine rings is 1. The number of hydrogen-bond donors (Lipinski definition) is 9. The van der Waals surface area contributed by atoms with Gasteiger partial charge in [-0.25, -0.2) is 29.9 Å². The van der Waals surface area contributed by atoms with E-state index in [4.69, 9.17) is 40.9 Å². The highest BCUT2D eigenvalue weighted by molar-refractivity contribution is 6.11. The molecule has 124 heavy (non-hydrogen) atoms. The van der Waals surface area contributed by atoms with Crippen LogP contribution in [0.1, 0.15) is 83.2 Å². The van der Waals surface area contributed by atoms with Crippen LogP contribution >= 0.6 is 0 Å². The monoisotopic (exact) mass is 1670 g/mol. The second kappa shape index (κ2) is 45.2. The molecule has 35 heteroatoms. The average Bonchev–Trinajstić information content (AvgIpc) is 0.825. The van der Waals surface area contributed by atoms with Crippen LogP contribution in [-0.2, 0) is 0 Å². The predicted molar refractivity (Wildman–Crippen MR) is 472 cm³/mol. The number of nitrogens with two attached hydrogens (primary N) is 3. The molecule has 632 valence electrons. The van der Waals surface area contributed by atoms with E-state index in [1.165, 1.54) is 74.8 Å². The Kier molecular flexibility index (Phi) is 32.1. The summed E-state index contributed by atoms with van der Waals surface area (Å²) >= 11 is 0. The van der Waals surface area contributed by atoms with E-state index in [9.17, 15) is 24.0 Å². The fraction of sp³-hybridized carbons (Fsp3) is 0.213. The van der Waals surface area contributed by atoms with Gasteiger partial charge in [-0.15, -0.1) is 0 Å². The van der Waals surface area contributed by atoms with Crippen molar-refractivity contribution < 1.29 is 47.7 Å². The number of carbonyl (C=O) groups excluding carboxylic acids is 5. The summed E-state index contributed by atoms with van der Waals surface area (Å²) in [5.41, 5.74) is 25.1. The van der Waals surface area contributed by atoms with E-state index in [-0.39, 0.29) is 52.2 Å². The molecule has 0 aliphatic carbocycles. The van der Waals surface area contributed by atoms with E-state index in [0.29, 0.717) is 138 Å². The maximum absolute atomic E-state index is 12.5.